The van der Waals surface area contributed by atoms with E-state index in [2.05, 4.69) is 5.32 Å². The number of piperidine rings is 1. The van der Waals surface area contributed by atoms with E-state index in [4.69, 9.17) is 9.47 Å². The molecule has 0 radical (unpaired) electrons. The van der Waals surface area contributed by atoms with Crippen molar-refractivity contribution in [2.45, 2.75) is 77.0 Å². The average molecular weight is 458 g/mol. The standard InChI is InChI=1S/C24H31N3O6/c1-24(2,3)33-22(30)14-8-10-15(11-9-14)32-18-7-5-6-16-20(18)26(4)23(31)27(16)17-12-13-19(28)25-21(17)29/h5-7,14-15,17H,8-13H2,1-4H3,(H,25,28,29). The van der Waals surface area contributed by atoms with Crippen LogP contribution in [0.3, 0.4) is 0 Å². The minimum absolute atomic E-state index is 0.0802. The Hall–Kier alpha value is -3.10. The van der Waals surface area contributed by atoms with Gasteiger partial charge < -0.3 is 9.47 Å². The molecule has 1 saturated heterocycles. The summed E-state index contributed by atoms with van der Waals surface area (Å²) in [5.41, 5.74) is 0.378. The Morgan fingerprint density at radius 2 is 1.76 bits per heavy atom. The molecule has 2 fully saturated rings. The van der Waals surface area contributed by atoms with Crippen molar-refractivity contribution in [1.82, 2.24) is 14.5 Å². The molecule has 2 heterocycles. The molecule has 0 spiro atoms. The Labute approximate surface area is 192 Å². The molecule has 1 aliphatic carbocycles. The summed E-state index contributed by atoms with van der Waals surface area (Å²) >= 11 is 0. The third-order valence-corrected chi connectivity index (χ3v) is 6.30. The quantitative estimate of drug-likeness (QED) is 0.558. The molecule has 9 heteroatoms. The summed E-state index contributed by atoms with van der Waals surface area (Å²) < 4.78 is 14.8. The molecule has 1 aromatic carbocycles. The van der Waals surface area contributed by atoms with Crippen LogP contribution in [0.2, 0.25) is 0 Å². The van der Waals surface area contributed by atoms with Crippen molar-refractivity contribution in [3.8, 4) is 5.75 Å². The lowest BCUT2D eigenvalue weighted by Gasteiger charge is -2.30. The number of ether oxygens (including phenoxy) is 2. The highest BCUT2D eigenvalue weighted by atomic mass is 16.6. The Kier molecular flexibility index (Phi) is 6.07. The maximum Gasteiger partial charge on any atom is 0.329 e. The van der Waals surface area contributed by atoms with Gasteiger partial charge in [-0.2, -0.15) is 0 Å². The Morgan fingerprint density at radius 1 is 1.06 bits per heavy atom. The van der Waals surface area contributed by atoms with E-state index in [1.807, 2.05) is 26.8 Å². The number of esters is 1. The van der Waals surface area contributed by atoms with Gasteiger partial charge in [0.1, 0.15) is 22.9 Å². The van der Waals surface area contributed by atoms with Crippen molar-refractivity contribution < 1.29 is 23.9 Å². The van der Waals surface area contributed by atoms with Crippen LogP contribution in [-0.4, -0.2) is 38.6 Å². The molecule has 2 aromatic rings. The van der Waals surface area contributed by atoms with Crippen LogP contribution < -0.4 is 15.7 Å². The number of imide groups is 1. The molecular weight excluding hydrogens is 426 g/mol. The van der Waals surface area contributed by atoms with E-state index in [9.17, 15) is 19.2 Å². The predicted molar refractivity (Wildman–Crippen MR) is 121 cm³/mol. The second-order valence-electron chi connectivity index (χ2n) is 9.93. The van der Waals surface area contributed by atoms with Crippen molar-refractivity contribution in [2.75, 3.05) is 0 Å². The molecule has 33 heavy (non-hydrogen) atoms. The van der Waals surface area contributed by atoms with Gasteiger partial charge in [0, 0.05) is 13.5 Å². The number of hydrogen-bond donors (Lipinski definition) is 1. The number of carbonyl (C=O) groups excluding carboxylic acids is 3. The number of fused-ring (bicyclic) bond motifs is 1. The van der Waals surface area contributed by atoms with Crippen LogP contribution in [0.1, 0.15) is 65.3 Å². The van der Waals surface area contributed by atoms with Crippen LogP contribution in [0.5, 0.6) is 5.75 Å². The number of hydrogen-bond acceptors (Lipinski definition) is 6. The molecule has 1 aromatic heterocycles. The first kappa shape index (κ1) is 23.1. The van der Waals surface area contributed by atoms with Crippen LogP contribution in [0.25, 0.3) is 11.0 Å². The normalized spacial score (nSPS) is 23.9. The zero-order valence-corrected chi connectivity index (χ0v) is 19.6. The SMILES string of the molecule is Cn1c(=O)n(C2CCC(=O)NC2=O)c2cccc(OC3CCC(C(=O)OC(C)(C)C)CC3)c21. The topological polar surface area (TPSA) is 109 Å². The lowest BCUT2D eigenvalue weighted by molar-refractivity contribution is -0.161. The third kappa shape index (κ3) is 4.67. The minimum Gasteiger partial charge on any atom is -0.488 e. The van der Waals surface area contributed by atoms with Gasteiger partial charge in [0.15, 0.2) is 0 Å². The molecular formula is C24H31N3O6. The largest absolute Gasteiger partial charge is 0.488 e. The second-order valence-corrected chi connectivity index (χ2v) is 9.93. The summed E-state index contributed by atoms with van der Waals surface area (Å²) in [5.74, 6) is -0.508. The van der Waals surface area contributed by atoms with Crippen molar-refractivity contribution >= 4 is 28.8 Å². The fourth-order valence-electron chi connectivity index (χ4n) is 4.71. The van der Waals surface area contributed by atoms with Crippen LogP contribution in [0.4, 0.5) is 0 Å². The lowest BCUT2D eigenvalue weighted by atomic mass is 9.87. The van der Waals surface area contributed by atoms with Crippen molar-refractivity contribution in [3.05, 3.63) is 28.7 Å². The van der Waals surface area contributed by atoms with Crippen molar-refractivity contribution in [1.29, 1.82) is 0 Å². The van der Waals surface area contributed by atoms with Gasteiger partial charge in [-0.15, -0.1) is 0 Å². The molecule has 178 valence electrons. The van der Waals surface area contributed by atoms with Gasteiger partial charge in [-0.1, -0.05) is 6.07 Å². The summed E-state index contributed by atoms with van der Waals surface area (Å²) in [4.78, 5) is 49.4. The number of para-hydroxylation sites is 1. The number of aryl methyl sites for hydroxylation is 1. The Bertz CT molecular complexity index is 1150. The number of nitrogens with one attached hydrogen (secondary N) is 1. The zero-order valence-electron chi connectivity index (χ0n) is 19.6. The monoisotopic (exact) mass is 457 g/mol. The van der Waals surface area contributed by atoms with Crippen LogP contribution in [0.15, 0.2) is 23.0 Å². The molecule has 1 unspecified atom stereocenters. The molecule has 1 aliphatic heterocycles. The summed E-state index contributed by atoms with van der Waals surface area (Å²) in [5, 5.41) is 2.32. The number of aromatic nitrogens is 2. The smallest absolute Gasteiger partial charge is 0.329 e. The molecule has 9 nitrogen and oxygen atoms in total. The second kappa shape index (κ2) is 8.68. The van der Waals surface area contributed by atoms with Gasteiger partial charge in [-0.3, -0.25) is 28.8 Å². The van der Waals surface area contributed by atoms with Crippen molar-refractivity contribution in [2.24, 2.45) is 13.0 Å². The first-order valence-corrected chi connectivity index (χ1v) is 11.5. The first-order valence-electron chi connectivity index (χ1n) is 11.5. The fraction of sp³-hybridized carbons (Fsp3) is 0.583. The minimum atomic E-state index is -0.738. The molecule has 2 amide bonds. The van der Waals surface area contributed by atoms with E-state index >= 15 is 0 Å². The number of nitrogens with zero attached hydrogens (tertiary/aromatic N) is 2. The highest BCUT2D eigenvalue weighted by Crippen LogP contribution is 2.33. The molecule has 1 saturated carbocycles. The van der Waals surface area contributed by atoms with Crippen LogP contribution in [-0.2, 0) is 26.2 Å². The Morgan fingerprint density at radius 3 is 2.39 bits per heavy atom. The fourth-order valence-corrected chi connectivity index (χ4v) is 4.71. The van der Waals surface area contributed by atoms with Gasteiger partial charge in [-0.25, -0.2) is 4.79 Å². The maximum absolute atomic E-state index is 13.0. The maximum atomic E-state index is 13.0. The van der Waals surface area contributed by atoms with Gasteiger partial charge in [0.25, 0.3) is 0 Å². The summed E-state index contributed by atoms with van der Waals surface area (Å²) in [7, 11) is 1.65. The molecule has 0 bridgehead atoms. The number of imidazole rings is 1. The highest BCUT2D eigenvalue weighted by molar-refractivity contribution is 6.00. The molecule has 1 atom stereocenters. The van der Waals surface area contributed by atoms with Gasteiger partial charge >= 0.3 is 11.7 Å². The Balaban J connectivity index is 1.53. The van der Waals surface area contributed by atoms with E-state index in [1.165, 1.54) is 9.13 Å². The van der Waals surface area contributed by atoms with Gasteiger partial charge in [0.2, 0.25) is 11.8 Å². The van der Waals surface area contributed by atoms with Crippen LogP contribution >= 0.6 is 0 Å². The lowest BCUT2D eigenvalue weighted by Crippen LogP contribution is -2.44. The van der Waals surface area contributed by atoms with Gasteiger partial charge in [-0.05, 0) is 65.0 Å². The van der Waals surface area contributed by atoms with E-state index < -0.39 is 17.6 Å². The molecule has 2 aliphatic rings. The molecule has 1 N–H and O–H groups in total. The predicted octanol–water partition coefficient (Wildman–Crippen LogP) is 2.60. The number of carbonyl (C=O) groups is 3. The number of benzene rings is 1. The first-order chi connectivity index (χ1) is 15.5. The highest BCUT2D eigenvalue weighted by Gasteiger charge is 2.33. The summed E-state index contributed by atoms with van der Waals surface area (Å²) in [6.45, 7) is 5.60. The van der Waals surface area contributed by atoms with E-state index in [0.717, 1.165) is 0 Å². The molecule has 4 rings (SSSR count). The summed E-state index contributed by atoms with van der Waals surface area (Å²) in [6, 6.07) is 4.66. The van der Waals surface area contributed by atoms with Crippen LogP contribution in [0, 0.1) is 5.92 Å². The number of amides is 2. The van der Waals surface area contributed by atoms with E-state index in [1.54, 1.807) is 19.2 Å². The van der Waals surface area contributed by atoms with E-state index in [0.29, 0.717) is 42.5 Å². The number of rotatable bonds is 4. The zero-order chi connectivity index (χ0) is 23.9. The van der Waals surface area contributed by atoms with Gasteiger partial charge in [0.05, 0.1) is 17.5 Å². The summed E-state index contributed by atoms with van der Waals surface area (Å²) in [6.07, 6.45) is 3.19. The third-order valence-electron chi connectivity index (χ3n) is 6.30. The van der Waals surface area contributed by atoms with Crippen molar-refractivity contribution in [3.63, 3.8) is 0 Å². The average Bonchev–Trinajstić information content (AvgIpc) is 2.99. The van der Waals surface area contributed by atoms with E-state index in [-0.39, 0.29) is 42.4 Å².